The first kappa shape index (κ1) is 14.4. The molecule has 0 unspecified atom stereocenters. The summed E-state index contributed by atoms with van der Waals surface area (Å²) in [6.45, 7) is 0. The Morgan fingerprint density at radius 1 is 0.778 bits per heavy atom. The standard InChI is InChI=1S/C23H14N2O2/c26-14-8-9-15-17-10-11-18-16-5-1-2-6-20(16)27-23(18)22(17)25(19(15)13-14)21-7-3-4-12-24-21/h1-13,26H. The van der Waals surface area contributed by atoms with Crippen LogP contribution in [0.25, 0.3) is 49.6 Å². The molecule has 6 aromatic rings. The maximum absolute atomic E-state index is 10.1. The van der Waals surface area contributed by atoms with Gasteiger partial charge in [0.15, 0.2) is 5.58 Å². The number of pyridine rings is 1. The minimum Gasteiger partial charge on any atom is -0.508 e. The van der Waals surface area contributed by atoms with Crippen LogP contribution < -0.4 is 0 Å². The van der Waals surface area contributed by atoms with Crippen molar-refractivity contribution < 1.29 is 9.52 Å². The van der Waals surface area contributed by atoms with Crippen LogP contribution in [0, 0.1) is 0 Å². The molecule has 0 bridgehead atoms. The molecule has 0 aliphatic heterocycles. The maximum Gasteiger partial charge on any atom is 0.160 e. The summed E-state index contributed by atoms with van der Waals surface area (Å²) in [5.74, 6) is 1.01. The molecule has 0 atom stereocenters. The predicted octanol–water partition coefficient (Wildman–Crippen LogP) is 5.78. The van der Waals surface area contributed by atoms with E-state index < -0.39 is 0 Å². The summed E-state index contributed by atoms with van der Waals surface area (Å²) in [7, 11) is 0. The lowest BCUT2D eigenvalue weighted by Crippen LogP contribution is -1.96. The topological polar surface area (TPSA) is 51.2 Å². The van der Waals surface area contributed by atoms with Crippen LogP contribution >= 0.6 is 0 Å². The van der Waals surface area contributed by atoms with E-state index in [-0.39, 0.29) is 5.75 Å². The highest BCUT2D eigenvalue weighted by atomic mass is 16.3. The number of hydrogen-bond acceptors (Lipinski definition) is 3. The number of para-hydroxylation sites is 1. The van der Waals surface area contributed by atoms with Crippen molar-refractivity contribution in [1.82, 2.24) is 9.55 Å². The second kappa shape index (κ2) is 5.11. The molecule has 1 N–H and O–H groups in total. The van der Waals surface area contributed by atoms with Crippen LogP contribution in [-0.2, 0) is 0 Å². The average molecular weight is 350 g/mol. The largest absolute Gasteiger partial charge is 0.508 e. The smallest absolute Gasteiger partial charge is 0.160 e. The van der Waals surface area contributed by atoms with E-state index in [0.29, 0.717) is 0 Å². The lowest BCUT2D eigenvalue weighted by Gasteiger charge is -2.06. The van der Waals surface area contributed by atoms with Gasteiger partial charge in [0, 0.05) is 33.8 Å². The normalized spacial score (nSPS) is 11.9. The van der Waals surface area contributed by atoms with Crippen LogP contribution in [0.15, 0.2) is 83.4 Å². The number of aromatic hydroxyl groups is 1. The number of hydrogen-bond donors (Lipinski definition) is 1. The maximum atomic E-state index is 10.1. The van der Waals surface area contributed by atoms with E-state index in [4.69, 9.17) is 4.42 Å². The monoisotopic (exact) mass is 350 g/mol. The molecule has 0 aliphatic rings. The molecular weight excluding hydrogens is 336 g/mol. The van der Waals surface area contributed by atoms with Crippen molar-refractivity contribution in [3.63, 3.8) is 0 Å². The van der Waals surface area contributed by atoms with Crippen molar-refractivity contribution in [2.75, 3.05) is 0 Å². The first-order valence-electron chi connectivity index (χ1n) is 8.80. The van der Waals surface area contributed by atoms with Gasteiger partial charge in [-0.3, -0.25) is 4.57 Å². The molecule has 27 heavy (non-hydrogen) atoms. The molecule has 0 fully saturated rings. The van der Waals surface area contributed by atoms with Crippen molar-refractivity contribution in [3.8, 4) is 11.6 Å². The SMILES string of the molecule is Oc1ccc2c3ccc4c5ccccc5oc4c3n(-c3ccccn3)c2c1. The highest BCUT2D eigenvalue weighted by Gasteiger charge is 2.19. The molecular formula is C23H14N2O2. The molecule has 3 aromatic heterocycles. The number of fused-ring (bicyclic) bond motifs is 7. The van der Waals surface area contributed by atoms with Gasteiger partial charge in [0.2, 0.25) is 0 Å². The third-order valence-electron chi connectivity index (χ3n) is 5.14. The summed E-state index contributed by atoms with van der Waals surface area (Å²) >= 11 is 0. The van der Waals surface area contributed by atoms with Gasteiger partial charge in [0.25, 0.3) is 0 Å². The summed E-state index contributed by atoms with van der Waals surface area (Å²) in [6, 6.07) is 23.6. The third kappa shape index (κ3) is 1.89. The van der Waals surface area contributed by atoms with Crippen molar-refractivity contribution >= 4 is 43.7 Å². The van der Waals surface area contributed by atoms with E-state index in [0.717, 1.165) is 49.6 Å². The molecule has 6 rings (SSSR count). The van der Waals surface area contributed by atoms with Gasteiger partial charge in [0.05, 0.1) is 11.0 Å². The van der Waals surface area contributed by atoms with E-state index in [2.05, 4.69) is 27.8 Å². The second-order valence-corrected chi connectivity index (χ2v) is 6.66. The Bertz CT molecular complexity index is 1480. The van der Waals surface area contributed by atoms with Crippen LogP contribution in [0.1, 0.15) is 0 Å². The number of nitrogens with zero attached hydrogens (tertiary/aromatic N) is 2. The molecule has 4 heteroatoms. The summed E-state index contributed by atoms with van der Waals surface area (Å²) < 4.78 is 8.34. The van der Waals surface area contributed by atoms with Crippen molar-refractivity contribution in [3.05, 3.63) is 79.0 Å². The Kier molecular flexibility index (Phi) is 2.72. The van der Waals surface area contributed by atoms with Crippen molar-refractivity contribution in [1.29, 1.82) is 0 Å². The average Bonchev–Trinajstić information content (AvgIpc) is 3.23. The van der Waals surface area contributed by atoms with E-state index in [1.165, 1.54) is 0 Å². The Morgan fingerprint density at radius 3 is 2.48 bits per heavy atom. The molecule has 4 nitrogen and oxygen atoms in total. The first-order chi connectivity index (χ1) is 13.3. The fourth-order valence-corrected chi connectivity index (χ4v) is 3.99. The van der Waals surface area contributed by atoms with Crippen molar-refractivity contribution in [2.45, 2.75) is 0 Å². The van der Waals surface area contributed by atoms with Crippen LogP contribution in [0.2, 0.25) is 0 Å². The minimum atomic E-state index is 0.225. The molecule has 3 aromatic carbocycles. The minimum absolute atomic E-state index is 0.225. The number of rotatable bonds is 1. The van der Waals surface area contributed by atoms with Crippen LogP contribution in [-0.4, -0.2) is 14.7 Å². The van der Waals surface area contributed by atoms with Crippen molar-refractivity contribution in [2.24, 2.45) is 0 Å². The molecule has 0 amide bonds. The summed E-state index contributed by atoms with van der Waals surface area (Å²) in [5, 5.41) is 14.4. The van der Waals surface area contributed by atoms with E-state index in [1.807, 2.05) is 42.5 Å². The molecule has 0 saturated heterocycles. The van der Waals surface area contributed by atoms with Crippen LogP contribution in [0.4, 0.5) is 0 Å². The Balaban J connectivity index is 1.92. The van der Waals surface area contributed by atoms with E-state index in [1.54, 1.807) is 18.3 Å². The lowest BCUT2D eigenvalue weighted by molar-refractivity contribution is 0.476. The fraction of sp³-hybridized carbons (Fsp3) is 0. The van der Waals surface area contributed by atoms with Gasteiger partial charge in [-0.05, 0) is 36.4 Å². The summed E-state index contributed by atoms with van der Waals surface area (Å²) in [6.07, 6.45) is 1.77. The number of benzene rings is 3. The molecule has 3 heterocycles. The zero-order valence-corrected chi connectivity index (χ0v) is 14.3. The third-order valence-corrected chi connectivity index (χ3v) is 5.14. The van der Waals surface area contributed by atoms with Gasteiger partial charge in [0.1, 0.15) is 17.2 Å². The Hall–Kier alpha value is -3.79. The molecule has 0 spiro atoms. The van der Waals surface area contributed by atoms with Gasteiger partial charge in [-0.25, -0.2) is 4.98 Å². The number of phenolic OH excluding ortho intramolecular Hbond substituents is 1. The predicted molar refractivity (Wildman–Crippen MR) is 108 cm³/mol. The van der Waals surface area contributed by atoms with Gasteiger partial charge >= 0.3 is 0 Å². The van der Waals surface area contributed by atoms with Gasteiger partial charge in [-0.2, -0.15) is 0 Å². The zero-order valence-electron chi connectivity index (χ0n) is 14.3. The second-order valence-electron chi connectivity index (χ2n) is 6.66. The van der Waals surface area contributed by atoms with E-state index in [9.17, 15) is 5.11 Å². The van der Waals surface area contributed by atoms with Crippen LogP contribution in [0.3, 0.4) is 0 Å². The zero-order chi connectivity index (χ0) is 18.0. The Labute approximate surface area is 153 Å². The van der Waals surface area contributed by atoms with Gasteiger partial charge < -0.3 is 9.52 Å². The van der Waals surface area contributed by atoms with Gasteiger partial charge in [-0.15, -0.1) is 0 Å². The highest BCUT2D eigenvalue weighted by Crippen LogP contribution is 2.40. The Morgan fingerprint density at radius 2 is 1.59 bits per heavy atom. The molecule has 0 saturated carbocycles. The van der Waals surface area contributed by atoms with Gasteiger partial charge in [-0.1, -0.05) is 30.3 Å². The number of aromatic nitrogens is 2. The quantitative estimate of drug-likeness (QED) is 0.409. The summed E-state index contributed by atoms with van der Waals surface area (Å²) in [5.41, 5.74) is 3.55. The molecule has 128 valence electrons. The summed E-state index contributed by atoms with van der Waals surface area (Å²) in [4.78, 5) is 4.55. The van der Waals surface area contributed by atoms with E-state index >= 15 is 0 Å². The van der Waals surface area contributed by atoms with Crippen LogP contribution in [0.5, 0.6) is 5.75 Å². The number of phenols is 1. The highest BCUT2D eigenvalue weighted by molar-refractivity contribution is 6.21. The first-order valence-corrected chi connectivity index (χ1v) is 8.80. The fourth-order valence-electron chi connectivity index (χ4n) is 3.99. The molecule has 0 aliphatic carbocycles. The molecule has 0 radical (unpaired) electrons. The number of furan rings is 1. The lowest BCUT2D eigenvalue weighted by atomic mass is 10.1.